The Balaban J connectivity index is 2.00. The summed E-state index contributed by atoms with van der Waals surface area (Å²) in [5, 5.41) is 14.6. The van der Waals surface area contributed by atoms with Gasteiger partial charge < -0.3 is 10.6 Å². The summed E-state index contributed by atoms with van der Waals surface area (Å²) in [6, 6.07) is 8.66. The van der Waals surface area contributed by atoms with E-state index >= 15 is 0 Å². The van der Waals surface area contributed by atoms with Crippen LogP contribution in [-0.4, -0.2) is 16.1 Å². The summed E-state index contributed by atoms with van der Waals surface area (Å²) in [5.74, 6) is 0.870. The number of carbonyl (C=O) groups is 1. The number of benzene rings is 1. The molecule has 1 aromatic heterocycles. The fraction of sp³-hybridized carbons (Fsp3) is 0.267. The molecule has 0 spiro atoms. The maximum atomic E-state index is 11.6. The summed E-state index contributed by atoms with van der Waals surface area (Å²) in [4.78, 5) is 11.6. The van der Waals surface area contributed by atoms with Gasteiger partial charge in [0.1, 0.15) is 0 Å². The van der Waals surface area contributed by atoms with Crippen LogP contribution in [0.2, 0.25) is 10.0 Å². The SMILES string of the molecule is CCCCC(=O)Nc1ccc(Nc2cccc(Cl)c2Cl)nn1. The van der Waals surface area contributed by atoms with Crippen LogP contribution in [0.3, 0.4) is 0 Å². The van der Waals surface area contributed by atoms with Crippen LogP contribution >= 0.6 is 23.2 Å². The zero-order valence-corrected chi connectivity index (χ0v) is 13.6. The monoisotopic (exact) mass is 338 g/mol. The highest BCUT2D eigenvalue weighted by Gasteiger charge is 2.07. The first kappa shape index (κ1) is 16.5. The molecule has 0 saturated heterocycles. The molecule has 2 aromatic rings. The number of anilines is 3. The van der Waals surface area contributed by atoms with Gasteiger partial charge in [0.2, 0.25) is 5.91 Å². The number of unbranched alkanes of at least 4 members (excludes halogenated alkanes) is 1. The van der Waals surface area contributed by atoms with Crippen LogP contribution in [0, 0.1) is 0 Å². The lowest BCUT2D eigenvalue weighted by atomic mass is 10.2. The van der Waals surface area contributed by atoms with Gasteiger partial charge in [0.15, 0.2) is 11.6 Å². The molecule has 0 bridgehead atoms. The third-order valence-corrected chi connectivity index (χ3v) is 3.72. The van der Waals surface area contributed by atoms with Crippen molar-refractivity contribution in [2.45, 2.75) is 26.2 Å². The third kappa shape index (κ3) is 4.58. The highest BCUT2D eigenvalue weighted by molar-refractivity contribution is 6.43. The quantitative estimate of drug-likeness (QED) is 0.803. The maximum Gasteiger partial charge on any atom is 0.225 e. The zero-order valence-electron chi connectivity index (χ0n) is 12.1. The van der Waals surface area contributed by atoms with E-state index in [9.17, 15) is 4.79 Å². The molecule has 0 aliphatic heterocycles. The molecule has 0 unspecified atom stereocenters. The van der Waals surface area contributed by atoms with Gasteiger partial charge in [0.05, 0.1) is 15.7 Å². The lowest BCUT2D eigenvalue weighted by Gasteiger charge is -2.08. The van der Waals surface area contributed by atoms with Crippen molar-refractivity contribution < 1.29 is 4.79 Å². The number of nitrogens with one attached hydrogen (secondary N) is 2. The fourth-order valence-electron chi connectivity index (χ4n) is 1.75. The van der Waals surface area contributed by atoms with Gasteiger partial charge in [-0.2, -0.15) is 0 Å². The van der Waals surface area contributed by atoms with Crippen molar-refractivity contribution in [1.82, 2.24) is 10.2 Å². The molecule has 5 nitrogen and oxygen atoms in total. The Hall–Kier alpha value is -1.85. The Bertz CT molecular complexity index is 646. The van der Waals surface area contributed by atoms with Gasteiger partial charge in [-0.05, 0) is 30.7 Å². The van der Waals surface area contributed by atoms with E-state index in [1.54, 1.807) is 30.3 Å². The highest BCUT2D eigenvalue weighted by atomic mass is 35.5. The van der Waals surface area contributed by atoms with Crippen molar-refractivity contribution in [2.24, 2.45) is 0 Å². The van der Waals surface area contributed by atoms with Gasteiger partial charge in [0.25, 0.3) is 0 Å². The van der Waals surface area contributed by atoms with Crippen molar-refractivity contribution >= 4 is 46.4 Å². The molecule has 0 atom stereocenters. The van der Waals surface area contributed by atoms with Crippen LogP contribution in [0.25, 0.3) is 0 Å². The van der Waals surface area contributed by atoms with Gasteiger partial charge in [-0.25, -0.2) is 0 Å². The standard InChI is InChI=1S/C15H16Cl2N4O/c1-2-3-7-14(22)19-13-9-8-12(20-21-13)18-11-6-4-5-10(16)15(11)17/h4-6,8-9H,2-3,7H2,1H3,(H,18,20)(H,19,21,22). The number of hydrogen-bond acceptors (Lipinski definition) is 4. The van der Waals surface area contributed by atoms with Crippen molar-refractivity contribution in [3.8, 4) is 0 Å². The minimum atomic E-state index is -0.0604. The van der Waals surface area contributed by atoms with E-state index in [1.807, 2.05) is 6.92 Å². The van der Waals surface area contributed by atoms with Crippen LogP contribution in [0.1, 0.15) is 26.2 Å². The normalized spacial score (nSPS) is 10.3. The molecule has 7 heteroatoms. The van der Waals surface area contributed by atoms with Crippen molar-refractivity contribution in [3.63, 3.8) is 0 Å². The van der Waals surface area contributed by atoms with Gasteiger partial charge in [-0.3, -0.25) is 4.79 Å². The molecule has 1 amide bonds. The molecule has 22 heavy (non-hydrogen) atoms. The van der Waals surface area contributed by atoms with Crippen molar-refractivity contribution in [3.05, 3.63) is 40.4 Å². The first-order valence-electron chi connectivity index (χ1n) is 6.94. The van der Waals surface area contributed by atoms with Crippen molar-refractivity contribution in [2.75, 3.05) is 10.6 Å². The summed E-state index contributed by atoms with van der Waals surface area (Å²) in [6.45, 7) is 2.04. The third-order valence-electron chi connectivity index (χ3n) is 2.90. The summed E-state index contributed by atoms with van der Waals surface area (Å²) in [5.41, 5.74) is 0.642. The maximum absolute atomic E-state index is 11.6. The minimum Gasteiger partial charge on any atom is -0.337 e. The number of hydrogen-bond donors (Lipinski definition) is 2. The fourth-order valence-corrected chi connectivity index (χ4v) is 2.09. The number of rotatable bonds is 6. The molecular formula is C15H16Cl2N4O. The second-order valence-electron chi connectivity index (χ2n) is 4.68. The lowest BCUT2D eigenvalue weighted by Crippen LogP contribution is -2.12. The minimum absolute atomic E-state index is 0.0604. The molecule has 1 aromatic carbocycles. The Morgan fingerprint density at radius 1 is 1.14 bits per heavy atom. The number of aromatic nitrogens is 2. The van der Waals surface area contributed by atoms with E-state index in [-0.39, 0.29) is 5.91 Å². The molecule has 0 fully saturated rings. The van der Waals surface area contributed by atoms with Crippen LogP contribution in [-0.2, 0) is 4.79 Å². The van der Waals surface area contributed by atoms with E-state index in [2.05, 4.69) is 20.8 Å². The van der Waals surface area contributed by atoms with E-state index < -0.39 is 0 Å². The van der Waals surface area contributed by atoms with Crippen LogP contribution in [0.15, 0.2) is 30.3 Å². The Morgan fingerprint density at radius 2 is 1.86 bits per heavy atom. The average molecular weight is 339 g/mol. The van der Waals surface area contributed by atoms with Crippen LogP contribution < -0.4 is 10.6 Å². The summed E-state index contributed by atoms with van der Waals surface area (Å²) < 4.78 is 0. The summed E-state index contributed by atoms with van der Waals surface area (Å²) in [6.07, 6.45) is 2.31. The number of carbonyl (C=O) groups excluding carboxylic acids is 1. The predicted octanol–water partition coefficient (Wildman–Crippen LogP) is 4.66. The van der Waals surface area contributed by atoms with Gasteiger partial charge in [-0.1, -0.05) is 42.6 Å². The van der Waals surface area contributed by atoms with Crippen LogP contribution in [0.4, 0.5) is 17.3 Å². The Morgan fingerprint density at radius 3 is 2.55 bits per heavy atom. The smallest absolute Gasteiger partial charge is 0.225 e. The average Bonchev–Trinajstić information content (AvgIpc) is 2.51. The molecule has 0 radical (unpaired) electrons. The molecule has 1 heterocycles. The van der Waals surface area contributed by atoms with E-state index in [0.717, 1.165) is 12.8 Å². The van der Waals surface area contributed by atoms with E-state index in [0.29, 0.717) is 33.8 Å². The topological polar surface area (TPSA) is 66.9 Å². The predicted molar refractivity (Wildman–Crippen MR) is 89.9 cm³/mol. The molecule has 0 aliphatic rings. The molecular weight excluding hydrogens is 323 g/mol. The largest absolute Gasteiger partial charge is 0.337 e. The second kappa shape index (κ2) is 7.96. The molecule has 2 rings (SSSR count). The summed E-state index contributed by atoms with van der Waals surface area (Å²) >= 11 is 12.0. The molecule has 116 valence electrons. The van der Waals surface area contributed by atoms with Gasteiger partial charge >= 0.3 is 0 Å². The lowest BCUT2D eigenvalue weighted by molar-refractivity contribution is -0.116. The number of amides is 1. The Kier molecular flexibility index (Phi) is 5.98. The van der Waals surface area contributed by atoms with Crippen molar-refractivity contribution in [1.29, 1.82) is 0 Å². The summed E-state index contributed by atoms with van der Waals surface area (Å²) in [7, 11) is 0. The Labute approximate surface area is 139 Å². The second-order valence-corrected chi connectivity index (χ2v) is 5.47. The van der Waals surface area contributed by atoms with Gasteiger partial charge in [0, 0.05) is 6.42 Å². The molecule has 0 saturated carbocycles. The first-order chi connectivity index (χ1) is 10.6. The molecule has 2 N–H and O–H groups in total. The van der Waals surface area contributed by atoms with E-state index in [1.165, 1.54) is 0 Å². The highest BCUT2D eigenvalue weighted by Crippen LogP contribution is 2.31. The van der Waals surface area contributed by atoms with Crippen LogP contribution in [0.5, 0.6) is 0 Å². The van der Waals surface area contributed by atoms with Gasteiger partial charge in [-0.15, -0.1) is 10.2 Å². The molecule has 0 aliphatic carbocycles. The number of nitrogens with zero attached hydrogens (tertiary/aromatic N) is 2. The zero-order chi connectivity index (χ0) is 15.9. The number of halogens is 2. The van der Waals surface area contributed by atoms with E-state index in [4.69, 9.17) is 23.2 Å². The first-order valence-corrected chi connectivity index (χ1v) is 7.70.